The van der Waals surface area contributed by atoms with Crippen molar-refractivity contribution in [2.75, 3.05) is 6.54 Å². The van der Waals surface area contributed by atoms with E-state index in [1.165, 1.54) is 6.42 Å². The summed E-state index contributed by atoms with van der Waals surface area (Å²) >= 11 is 0. The molecule has 2 aromatic rings. The van der Waals surface area contributed by atoms with Gasteiger partial charge in [-0.2, -0.15) is 0 Å². The molecule has 1 aliphatic rings. The van der Waals surface area contributed by atoms with Crippen molar-refractivity contribution in [3.63, 3.8) is 0 Å². The number of aliphatic hydroxyl groups is 1. The van der Waals surface area contributed by atoms with Crippen molar-refractivity contribution in [3.05, 3.63) is 30.1 Å². The molecule has 112 valence electrons. The fourth-order valence-electron chi connectivity index (χ4n) is 3.12. The highest BCUT2D eigenvalue weighted by Crippen LogP contribution is 2.20. The lowest BCUT2D eigenvalue weighted by Crippen LogP contribution is -2.43. The van der Waals surface area contributed by atoms with E-state index in [2.05, 4.69) is 11.9 Å². The molecular formula is C16H21N3O2. The van der Waals surface area contributed by atoms with Crippen LogP contribution in [0.15, 0.2) is 24.3 Å². The zero-order valence-electron chi connectivity index (χ0n) is 12.3. The van der Waals surface area contributed by atoms with Crippen LogP contribution in [0.4, 0.5) is 0 Å². The number of piperidine rings is 1. The minimum atomic E-state index is -0.155. The zero-order chi connectivity index (χ0) is 14.8. The summed E-state index contributed by atoms with van der Waals surface area (Å²) in [6, 6.07) is 7.98. The molecule has 1 N–H and O–H groups in total. The van der Waals surface area contributed by atoms with Gasteiger partial charge in [0, 0.05) is 12.6 Å². The second-order valence-corrected chi connectivity index (χ2v) is 5.69. The van der Waals surface area contributed by atoms with E-state index in [1.807, 2.05) is 33.7 Å². The first-order valence-electron chi connectivity index (χ1n) is 7.55. The average molecular weight is 287 g/mol. The van der Waals surface area contributed by atoms with Crippen LogP contribution in [0.2, 0.25) is 0 Å². The summed E-state index contributed by atoms with van der Waals surface area (Å²) in [6.07, 6.45) is 3.34. The molecule has 1 fully saturated rings. The first kappa shape index (κ1) is 14.1. The maximum absolute atomic E-state index is 12.6. The fraction of sp³-hybridized carbons (Fsp3) is 0.500. The van der Waals surface area contributed by atoms with Crippen LogP contribution in [-0.2, 0) is 17.9 Å². The summed E-state index contributed by atoms with van der Waals surface area (Å²) in [7, 11) is 0. The highest BCUT2D eigenvalue weighted by molar-refractivity contribution is 5.81. The maximum Gasteiger partial charge on any atom is 0.242 e. The molecule has 5 nitrogen and oxygen atoms in total. The molecular weight excluding hydrogens is 266 g/mol. The van der Waals surface area contributed by atoms with Gasteiger partial charge < -0.3 is 14.6 Å². The van der Waals surface area contributed by atoms with Gasteiger partial charge in [-0.05, 0) is 38.3 Å². The Bertz CT molecular complexity index is 650. The number of carbonyl (C=O) groups is 1. The van der Waals surface area contributed by atoms with Crippen molar-refractivity contribution in [1.82, 2.24) is 14.5 Å². The number of benzene rings is 1. The van der Waals surface area contributed by atoms with E-state index in [1.54, 1.807) is 0 Å². The van der Waals surface area contributed by atoms with Crippen LogP contribution in [0.1, 0.15) is 32.0 Å². The Kier molecular flexibility index (Phi) is 3.92. The van der Waals surface area contributed by atoms with Crippen LogP contribution in [-0.4, -0.2) is 38.1 Å². The zero-order valence-corrected chi connectivity index (χ0v) is 12.3. The molecule has 21 heavy (non-hydrogen) atoms. The van der Waals surface area contributed by atoms with Gasteiger partial charge in [0.15, 0.2) is 0 Å². The number of imidazole rings is 1. The number of carbonyl (C=O) groups excluding carboxylic acids is 1. The standard InChI is InChI=1S/C16H21N3O2/c1-12-6-4-5-9-18(12)16(21)10-19-14-8-3-2-7-13(14)17-15(19)11-20/h2-3,7-8,12,20H,4-6,9-11H2,1H3. The van der Waals surface area contributed by atoms with Crippen LogP contribution < -0.4 is 0 Å². The van der Waals surface area contributed by atoms with Gasteiger partial charge in [-0.15, -0.1) is 0 Å². The lowest BCUT2D eigenvalue weighted by Gasteiger charge is -2.33. The molecule has 1 amide bonds. The van der Waals surface area contributed by atoms with Crippen LogP contribution in [0, 0.1) is 0 Å². The Morgan fingerprint density at radius 2 is 2.19 bits per heavy atom. The molecule has 2 heterocycles. The molecule has 1 aliphatic heterocycles. The van der Waals surface area contributed by atoms with Crippen molar-refractivity contribution in [1.29, 1.82) is 0 Å². The van der Waals surface area contributed by atoms with Gasteiger partial charge in [0.05, 0.1) is 11.0 Å². The van der Waals surface area contributed by atoms with Crippen molar-refractivity contribution >= 4 is 16.9 Å². The Balaban J connectivity index is 1.88. The van der Waals surface area contributed by atoms with Gasteiger partial charge in [0.1, 0.15) is 19.0 Å². The molecule has 1 aromatic heterocycles. The molecule has 5 heteroatoms. The average Bonchev–Trinajstić information content (AvgIpc) is 2.86. The topological polar surface area (TPSA) is 58.4 Å². The molecule has 1 unspecified atom stereocenters. The fourth-order valence-corrected chi connectivity index (χ4v) is 3.12. The van der Waals surface area contributed by atoms with E-state index in [4.69, 9.17) is 0 Å². The summed E-state index contributed by atoms with van der Waals surface area (Å²) in [5, 5.41) is 9.49. The third kappa shape index (κ3) is 2.65. The molecule has 1 aromatic carbocycles. The Morgan fingerprint density at radius 1 is 1.38 bits per heavy atom. The molecule has 0 radical (unpaired) electrons. The first-order valence-corrected chi connectivity index (χ1v) is 7.55. The number of aliphatic hydroxyl groups excluding tert-OH is 1. The first-order chi connectivity index (χ1) is 10.2. The summed E-state index contributed by atoms with van der Waals surface area (Å²) in [5.41, 5.74) is 1.72. The Morgan fingerprint density at radius 3 is 2.95 bits per heavy atom. The molecule has 1 atom stereocenters. The largest absolute Gasteiger partial charge is 0.388 e. The minimum absolute atomic E-state index is 0.111. The molecule has 0 aliphatic carbocycles. The van der Waals surface area contributed by atoms with Crippen LogP contribution in [0.3, 0.4) is 0 Å². The smallest absolute Gasteiger partial charge is 0.242 e. The van der Waals surface area contributed by atoms with E-state index in [-0.39, 0.29) is 19.1 Å². The number of hydrogen-bond acceptors (Lipinski definition) is 3. The van der Waals surface area contributed by atoms with E-state index in [0.717, 1.165) is 30.4 Å². The number of hydrogen-bond donors (Lipinski definition) is 1. The number of fused-ring (bicyclic) bond motifs is 1. The van der Waals surface area contributed by atoms with Gasteiger partial charge in [-0.1, -0.05) is 12.1 Å². The van der Waals surface area contributed by atoms with Gasteiger partial charge in [0.25, 0.3) is 0 Å². The third-order valence-corrected chi connectivity index (χ3v) is 4.29. The minimum Gasteiger partial charge on any atom is -0.388 e. The van der Waals surface area contributed by atoms with E-state index < -0.39 is 0 Å². The molecule has 1 saturated heterocycles. The van der Waals surface area contributed by atoms with Crippen molar-refractivity contribution < 1.29 is 9.90 Å². The van der Waals surface area contributed by atoms with E-state index >= 15 is 0 Å². The predicted octanol–water partition coefficient (Wildman–Crippen LogP) is 1.93. The molecule has 0 saturated carbocycles. The van der Waals surface area contributed by atoms with Crippen molar-refractivity contribution in [2.24, 2.45) is 0 Å². The van der Waals surface area contributed by atoms with Gasteiger partial charge in [-0.25, -0.2) is 4.98 Å². The van der Waals surface area contributed by atoms with Gasteiger partial charge in [0.2, 0.25) is 5.91 Å². The maximum atomic E-state index is 12.6. The van der Waals surface area contributed by atoms with E-state index in [0.29, 0.717) is 11.9 Å². The van der Waals surface area contributed by atoms with Crippen LogP contribution in [0.5, 0.6) is 0 Å². The number of nitrogens with zero attached hydrogens (tertiary/aromatic N) is 3. The summed E-state index contributed by atoms with van der Waals surface area (Å²) in [6.45, 7) is 3.04. The van der Waals surface area contributed by atoms with Crippen molar-refractivity contribution in [2.45, 2.75) is 45.4 Å². The summed E-state index contributed by atoms with van der Waals surface area (Å²) < 4.78 is 1.83. The summed E-state index contributed by atoms with van der Waals surface area (Å²) in [5.74, 6) is 0.661. The summed E-state index contributed by atoms with van der Waals surface area (Å²) in [4.78, 5) is 18.9. The lowest BCUT2D eigenvalue weighted by atomic mass is 10.0. The SMILES string of the molecule is CC1CCCCN1C(=O)Cn1c(CO)nc2ccccc21. The highest BCUT2D eigenvalue weighted by atomic mass is 16.3. The molecule has 3 rings (SSSR count). The molecule has 0 bridgehead atoms. The number of aromatic nitrogens is 2. The quantitative estimate of drug-likeness (QED) is 0.938. The Hall–Kier alpha value is -1.88. The second-order valence-electron chi connectivity index (χ2n) is 5.69. The predicted molar refractivity (Wildman–Crippen MR) is 80.7 cm³/mol. The number of amides is 1. The van der Waals surface area contributed by atoms with Crippen LogP contribution in [0.25, 0.3) is 11.0 Å². The third-order valence-electron chi connectivity index (χ3n) is 4.29. The normalized spacial score (nSPS) is 19.1. The van der Waals surface area contributed by atoms with E-state index in [9.17, 15) is 9.90 Å². The second kappa shape index (κ2) is 5.85. The van der Waals surface area contributed by atoms with Crippen LogP contribution >= 0.6 is 0 Å². The number of likely N-dealkylation sites (tertiary alicyclic amines) is 1. The monoisotopic (exact) mass is 287 g/mol. The van der Waals surface area contributed by atoms with Gasteiger partial charge in [-0.3, -0.25) is 4.79 Å². The van der Waals surface area contributed by atoms with Gasteiger partial charge >= 0.3 is 0 Å². The Labute approximate surface area is 124 Å². The highest BCUT2D eigenvalue weighted by Gasteiger charge is 2.24. The number of rotatable bonds is 3. The lowest BCUT2D eigenvalue weighted by molar-refractivity contribution is -0.135. The van der Waals surface area contributed by atoms with Crippen molar-refractivity contribution in [3.8, 4) is 0 Å². The number of para-hydroxylation sites is 2. The molecule has 0 spiro atoms.